The van der Waals surface area contributed by atoms with Gasteiger partial charge in [-0.2, -0.15) is 0 Å². The van der Waals surface area contributed by atoms with Crippen LogP contribution in [0.25, 0.3) is 0 Å². The standard InChI is InChI=1S/C12H23N3O2S/c1-4-12(2)9-18-11(15-12)14-6-5-10(16)13-7-8-17-3/h4-9H2,1-3H3,(H,13,16)(H,14,15). The van der Waals surface area contributed by atoms with Crippen molar-refractivity contribution in [1.82, 2.24) is 10.6 Å². The fourth-order valence-electron chi connectivity index (χ4n) is 1.47. The number of rotatable bonds is 7. The summed E-state index contributed by atoms with van der Waals surface area (Å²) in [5, 5.41) is 7.14. The number of amidine groups is 1. The molecule has 0 saturated carbocycles. The molecule has 2 N–H and O–H groups in total. The van der Waals surface area contributed by atoms with Crippen LogP contribution in [-0.2, 0) is 9.53 Å². The third kappa shape index (κ3) is 5.27. The lowest BCUT2D eigenvalue weighted by Crippen LogP contribution is -2.39. The summed E-state index contributed by atoms with van der Waals surface area (Å²) in [4.78, 5) is 15.8. The Morgan fingerprint density at radius 1 is 1.67 bits per heavy atom. The van der Waals surface area contributed by atoms with Crippen molar-refractivity contribution in [3.05, 3.63) is 0 Å². The molecule has 0 aromatic rings. The van der Waals surface area contributed by atoms with Crippen LogP contribution in [0, 0.1) is 0 Å². The lowest BCUT2D eigenvalue weighted by atomic mass is 10.0. The van der Waals surface area contributed by atoms with Gasteiger partial charge in [-0.1, -0.05) is 18.7 Å². The van der Waals surface area contributed by atoms with Gasteiger partial charge in [0.2, 0.25) is 5.91 Å². The van der Waals surface area contributed by atoms with Gasteiger partial charge < -0.3 is 15.4 Å². The monoisotopic (exact) mass is 273 g/mol. The molecule has 0 bridgehead atoms. The molecule has 0 aromatic heterocycles. The van der Waals surface area contributed by atoms with Crippen LogP contribution in [0.3, 0.4) is 0 Å². The minimum Gasteiger partial charge on any atom is -0.383 e. The van der Waals surface area contributed by atoms with Crippen molar-refractivity contribution in [1.29, 1.82) is 0 Å². The second kappa shape index (κ2) is 7.63. The van der Waals surface area contributed by atoms with E-state index < -0.39 is 0 Å². The molecule has 1 heterocycles. The summed E-state index contributed by atoms with van der Waals surface area (Å²) in [7, 11) is 1.62. The first-order valence-corrected chi connectivity index (χ1v) is 7.29. The Morgan fingerprint density at radius 3 is 3.06 bits per heavy atom. The Kier molecular flexibility index (Phi) is 6.49. The van der Waals surface area contributed by atoms with Gasteiger partial charge in [-0.25, -0.2) is 0 Å². The van der Waals surface area contributed by atoms with Crippen LogP contribution < -0.4 is 10.6 Å². The topological polar surface area (TPSA) is 62.7 Å². The quantitative estimate of drug-likeness (QED) is 0.679. The number of amides is 1. The maximum atomic E-state index is 11.4. The van der Waals surface area contributed by atoms with Gasteiger partial charge >= 0.3 is 0 Å². The molecule has 0 radical (unpaired) electrons. The number of carbonyl (C=O) groups is 1. The van der Waals surface area contributed by atoms with E-state index >= 15 is 0 Å². The van der Waals surface area contributed by atoms with Gasteiger partial charge in [-0.05, 0) is 13.3 Å². The van der Waals surface area contributed by atoms with Crippen molar-refractivity contribution in [2.75, 3.05) is 32.6 Å². The molecular formula is C12H23N3O2S. The molecule has 1 aliphatic rings. The number of aliphatic imine (C=N–C) groups is 1. The molecule has 18 heavy (non-hydrogen) atoms. The Labute approximate surface area is 113 Å². The Hall–Kier alpha value is -0.750. The molecule has 0 aromatic carbocycles. The van der Waals surface area contributed by atoms with E-state index in [1.165, 1.54) is 0 Å². The van der Waals surface area contributed by atoms with E-state index in [4.69, 9.17) is 4.74 Å². The van der Waals surface area contributed by atoms with Crippen molar-refractivity contribution in [3.63, 3.8) is 0 Å². The number of hydrogen-bond acceptors (Lipinski definition) is 4. The average molecular weight is 273 g/mol. The lowest BCUT2D eigenvalue weighted by Gasteiger charge is -2.20. The molecule has 1 unspecified atom stereocenters. The summed E-state index contributed by atoms with van der Waals surface area (Å²) in [5.74, 6) is 1.07. The second-order valence-corrected chi connectivity index (χ2v) is 5.57. The van der Waals surface area contributed by atoms with Crippen LogP contribution in [0.4, 0.5) is 0 Å². The fourth-order valence-corrected chi connectivity index (χ4v) is 2.71. The van der Waals surface area contributed by atoms with Gasteiger partial charge in [0.15, 0.2) is 5.17 Å². The summed E-state index contributed by atoms with van der Waals surface area (Å²) < 4.78 is 4.86. The number of nitrogens with zero attached hydrogens (tertiary/aromatic N) is 1. The normalized spacial score (nSPS) is 25.2. The summed E-state index contributed by atoms with van der Waals surface area (Å²) >= 11 is 1.73. The van der Waals surface area contributed by atoms with Gasteiger partial charge in [-0.3, -0.25) is 9.79 Å². The second-order valence-electron chi connectivity index (χ2n) is 4.61. The zero-order valence-electron chi connectivity index (χ0n) is 11.4. The minimum absolute atomic E-state index is 0.0256. The van der Waals surface area contributed by atoms with Gasteiger partial charge in [0.25, 0.3) is 0 Å². The first-order chi connectivity index (χ1) is 8.59. The molecule has 1 fully saturated rings. The largest absolute Gasteiger partial charge is 0.383 e. The summed E-state index contributed by atoms with van der Waals surface area (Å²) in [6.07, 6.45) is 1.51. The third-order valence-electron chi connectivity index (χ3n) is 2.94. The van der Waals surface area contributed by atoms with Gasteiger partial charge in [0.1, 0.15) is 0 Å². The predicted molar refractivity (Wildman–Crippen MR) is 76.1 cm³/mol. The van der Waals surface area contributed by atoms with Crippen LogP contribution in [0.2, 0.25) is 0 Å². The van der Waals surface area contributed by atoms with Crippen LogP contribution in [0.5, 0.6) is 0 Å². The van der Waals surface area contributed by atoms with Gasteiger partial charge in [0.05, 0.1) is 13.2 Å². The summed E-state index contributed by atoms with van der Waals surface area (Å²) in [6, 6.07) is 0. The average Bonchev–Trinajstić information content (AvgIpc) is 2.72. The zero-order chi connectivity index (χ0) is 13.4. The molecule has 6 heteroatoms. The SMILES string of the molecule is CCC1(C)CSC(=NCCC(=O)NCCOC)N1. The van der Waals surface area contributed by atoms with Crippen LogP contribution in [-0.4, -0.2) is 49.2 Å². The van der Waals surface area contributed by atoms with E-state index in [9.17, 15) is 4.79 Å². The summed E-state index contributed by atoms with van der Waals surface area (Å²) in [6.45, 7) is 6.01. The minimum atomic E-state index is 0.0256. The molecule has 0 aliphatic carbocycles. The molecule has 5 nitrogen and oxygen atoms in total. The van der Waals surface area contributed by atoms with E-state index in [2.05, 4.69) is 29.5 Å². The number of carbonyl (C=O) groups excluding carboxylic acids is 1. The predicted octanol–water partition coefficient (Wildman–Crippen LogP) is 1.00. The van der Waals surface area contributed by atoms with E-state index in [1.807, 2.05) is 0 Å². The maximum absolute atomic E-state index is 11.4. The lowest BCUT2D eigenvalue weighted by molar-refractivity contribution is -0.121. The molecule has 1 rings (SSSR count). The zero-order valence-corrected chi connectivity index (χ0v) is 12.2. The van der Waals surface area contributed by atoms with Crippen molar-refractivity contribution in [3.8, 4) is 0 Å². The maximum Gasteiger partial charge on any atom is 0.221 e. The van der Waals surface area contributed by atoms with E-state index in [1.54, 1.807) is 18.9 Å². The molecule has 0 spiro atoms. The highest BCUT2D eigenvalue weighted by Gasteiger charge is 2.30. The van der Waals surface area contributed by atoms with E-state index in [0.29, 0.717) is 26.1 Å². The Morgan fingerprint density at radius 2 is 2.44 bits per heavy atom. The Balaban J connectivity index is 2.19. The number of hydrogen-bond donors (Lipinski definition) is 2. The smallest absolute Gasteiger partial charge is 0.221 e. The number of thioether (sulfide) groups is 1. The van der Waals surface area contributed by atoms with E-state index in [0.717, 1.165) is 17.3 Å². The van der Waals surface area contributed by atoms with Crippen LogP contribution in [0.1, 0.15) is 26.7 Å². The number of methoxy groups -OCH3 is 1. The molecule has 1 saturated heterocycles. The fraction of sp³-hybridized carbons (Fsp3) is 0.833. The van der Waals surface area contributed by atoms with Gasteiger partial charge in [-0.15, -0.1) is 0 Å². The van der Waals surface area contributed by atoms with Gasteiger partial charge in [0, 0.05) is 31.4 Å². The van der Waals surface area contributed by atoms with Crippen molar-refractivity contribution in [2.45, 2.75) is 32.2 Å². The Bertz CT molecular complexity index is 310. The highest BCUT2D eigenvalue weighted by molar-refractivity contribution is 8.14. The highest BCUT2D eigenvalue weighted by atomic mass is 32.2. The van der Waals surface area contributed by atoms with Crippen LogP contribution >= 0.6 is 11.8 Å². The van der Waals surface area contributed by atoms with Crippen molar-refractivity contribution < 1.29 is 9.53 Å². The summed E-state index contributed by atoms with van der Waals surface area (Å²) in [5.41, 5.74) is 0.157. The third-order valence-corrected chi connectivity index (χ3v) is 4.23. The molecule has 1 amide bonds. The molecule has 1 atom stereocenters. The first-order valence-electron chi connectivity index (χ1n) is 6.31. The first kappa shape index (κ1) is 15.3. The van der Waals surface area contributed by atoms with Crippen molar-refractivity contribution in [2.24, 2.45) is 4.99 Å². The molecule has 104 valence electrons. The number of nitrogens with one attached hydrogen (secondary N) is 2. The van der Waals surface area contributed by atoms with Crippen LogP contribution in [0.15, 0.2) is 4.99 Å². The molecule has 1 aliphatic heterocycles. The van der Waals surface area contributed by atoms with Crippen molar-refractivity contribution >= 4 is 22.8 Å². The van der Waals surface area contributed by atoms with E-state index in [-0.39, 0.29) is 11.4 Å². The highest BCUT2D eigenvalue weighted by Crippen LogP contribution is 2.25. The molecular weight excluding hydrogens is 250 g/mol. The number of ether oxygens (including phenoxy) is 1.